The quantitative estimate of drug-likeness (QED) is 0.919. The lowest BCUT2D eigenvalue weighted by Crippen LogP contribution is -2.44. The van der Waals surface area contributed by atoms with E-state index < -0.39 is 6.10 Å². The van der Waals surface area contributed by atoms with Crippen LogP contribution in [0.15, 0.2) is 36.4 Å². The topological polar surface area (TPSA) is 68.2 Å². The van der Waals surface area contributed by atoms with Gasteiger partial charge in [-0.25, -0.2) is 0 Å². The third kappa shape index (κ3) is 2.32. The van der Waals surface area contributed by atoms with Gasteiger partial charge in [-0.05, 0) is 29.8 Å². The van der Waals surface area contributed by atoms with Crippen molar-refractivity contribution in [2.45, 2.75) is 12.5 Å². The summed E-state index contributed by atoms with van der Waals surface area (Å²) < 4.78 is 16.4. The highest BCUT2D eigenvalue weighted by atomic mass is 16.7. The van der Waals surface area contributed by atoms with Crippen molar-refractivity contribution in [3.05, 3.63) is 42.0 Å². The number of fused-ring (bicyclic) bond motifs is 2. The monoisotopic (exact) mass is 313 g/mol. The molecule has 2 aliphatic heterocycles. The maximum Gasteiger partial charge on any atom is 0.268 e. The molecule has 0 saturated heterocycles. The fourth-order valence-corrected chi connectivity index (χ4v) is 2.82. The second-order valence-corrected chi connectivity index (χ2v) is 5.55. The summed E-state index contributed by atoms with van der Waals surface area (Å²) in [4.78, 5) is 14.0. The number of ether oxygens (including phenoxy) is 3. The van der Waals surface area contributed by atoms with Crippen LogP contribution in [0.25, 0.3) is 0 Å². The lowest BCUT2D eigenvalue weighted by Gasteiger charge is -2.32. The number of phenols is 1. The fourth-order valence-electron chi connectivity index (χ4n) is 2.82. The van der Waals surface area contributed by atoms with Gasteiger partial charge in [-0.2, -0.15) is 0 Å². The summed E-state index contributed by atoms with van der Waals surface area (Å²) in [5.74, 6) is 1.86. The van der Waals surface area contributed by atoms with Gasteiger partial charge in [0, 0.05) is 19.5 Å². The van der Waals surface area contributed by atoms with E-state index in [9.17, 15) is 9.90 Å². The van der Waals surface area contributed by atoms with Crippen LogP contribution in [0.4, 0.5) is 5.69 Å². The maximum absolute atomic E-state index is 12.5. The number of rotatable bonds is 2. The van der Waals surface area contributed by atoms with E-state index in [2.05, 4.69) is 0 Å². The van der Waals surface area contributed by atoms with Crippen molar-refractivity contribution < 1.29 is 24.1 Å². The number of likely N-dealkylation sites (N-methyl/N-ethyl adjacent to an activating group) is 1. The average Bonchev–Trinajstić information content (AvgIpc) is 3.00. The molecule has 4 rings (SSSR count). The normalized spacial score (nSPS) is 18.6. The van der Waals surface area contributed by atoms with Gasteiger partial charge in [0.25, 0.3) is 5.91 Å². The molecule has 1 unspecified atom stereocenters. The van der Waals surface area contributed by atoms with Crippen molar-refractivity contribution in [1.82, 2.24) is 0 Å². The molecular formula is C17H15NO5. The summed E-state index contributed by atoms with van der Waals surface area (Å²) in [6, 6.07) is 10.3. The molecule has 1 amide bonds. The molecule has 2 aromatic carbocycles. The van der Waals surface area contributed by atoms with Crippen LogP contribution < -0.4 is 19.1 Å². The number of hydrogen-bond acceptors (Lipinski definition) is 5. The summed E-state index contributed by atoms with van der Waals surface area (Å²) in [6.45, 7) is 0.215. The Morgan fingerprint density at radius 2 is 1.96 bits per heavy atom. The van der Waals surface area contributed by atoms with Gasteiger partial charge in [-0.3, -0.25) is 4.79 Å². The first kappa shape index (κ1) is 13.8. The summed E-state index contributed by atoms with van der Waals surface area (Å²) in [5.41, 5.74) is 1.57. The highest BCUT2D eigenvalue weighted by molar-refractivity contribution is 5.99. The largest absolute Gasteiger partial charge is 0.508 e. The molecule has 118 valence electrons. The molecular weight excluding hydrogens is 298 g/mol. The standard InChI is InChI=1S/C17H15NO5/c1-18-12-4-3-11(19)8-14(12)23-16(17(18)20)7-10-2-5-13-15(6-10)22-9-21-13/h2-6,8,16,19H,7,9H2,1H3. The first-order valence-electron chi connectivity index (χ1n) is 7.27. The summed E-state index contributed by atoms with van der Waals surface area (Å²) in [5, 5.41) is 9.61. The van der Waals surface area contributed by atoms with Crippen LogP contribution in [0.1, 0.15) is 5.56 Å². The van der Waals surface area contributed by atoms with E-state index in [0.717, 1.165) is 5.56 Å². The van der Waals surface area contributed by atoms with Crippen molar-refractivity contribution in [2.75, 3.05) is 18.7 Å². The minimum Gasteiger partial charge on any atom is -0.508 e. The molecule has 2 aliphatic rings. The van der Waals surface area contributed by atoms with Gasteiger partial charge < -0.3 is 24.2 Å². The first-order chi connectivity index (χ1) is 11.1. The van der Waals surface area contributed by atoms with Crippen LogP contribution in [-0.2, 0) is 11.2 Å². The lowest BCUT2D eigenvalue weighted by atomic mass is 10.0. The molecule has 0 aromatic heterocycles. The van der Waals surface area contributed by atoms with Gasteiger partial charge >= 0.3 is 0 Å². The van der Waals surface area contributed by atoms with Crippen LogP contribution in [0.2, 0.25) is 0 Å². The Kier molecular flexibility index (Phi) is 3.04. The van der Waals surface area contributed by atoms with E-state index in [1.807, 2.05) is 18.2 Å². The van der Waals surface area contributed by atoms with Crippen molar-refractivity contribution in [1.29, 1.82) is 0 Å². The van der Waals surface area contributed by atoms with E-state index in [1.165, 1.54) is 12.1 Å². The van der Waals surface area contributed by atoms with Crippen molar-refractivity contribution >= 4 is 11.6 Å². The summed E-state index contributed by atoms with van der Waals surface area (Å²) >= 11 is 0. The Morgan fingerprint density at radius 3 is 2.83 bits per heavy atom. The van der Waals surface area contributed by atoms with Gasteiger partial charge in [0.05, 0.1) is 5.69 Å². The van der Waals surface area contributed by atoms with Crippen molar-refractivity contribution in [3.8, 4) is 23.0 Å². The second kappa shape index (κ2) is 5.08. The molecule has 0 fully saturated rings. The molecule has 23 heavy (non-hydrogen) atoms. The molecule has 0 saturated carbocycles. The predicted molar refractivity (Wildman–Crippen MR) is 82.2 cm³/mol. The number of phenolic OH excluding ortho intramolecular Hbond substituents is 1. The fraction of sp³-hybridized carbons (Fsp3) is 0.235. The molecule has 6 nitrogen and oxygen atoms in total. The highest BCUT2D eigenvalue weighted by Crippen LogP contribution is 2.37. The number of carbonyl (C=O) groups is 1. The van der Waals surface area contributed by atoms with E-state index in [-0.39, 0.29) is 18.4 Å². The SMILES string of the molecule is CN1C(=O)C(Cc2ccc3c(c2)OCO3)Oc2cc(O)ccc21. The van der Waals surface area contributed by atoms with E-state index >= 15 is 0 Å². The number of benzene rings is 2. The molecule has 2 aromatic rings. The van der Waals surface area contributed by atoms with Gasteiger partial charge in [0.1, 0.15) is 11.5 Å². The van der Waals surface area contributed by atoms with E-state index in [4.69, 9.17) is 14.2 Å². The highest BCUT2D eigenvalue weighted by Gasteiger charge is 2.32. The smallest absolute Gasteiger partial charge is 0.268 e. The molecule has 2 heterocycles. The number of anilines is 1. The third-order valence-electron chi connectivity index (χ3n) is 4.04. The minimum atomic E-state index is -0.644. The lowest BCUT2D eigenvalue weighted by molar-refractivity contribution is -0.125. The molecule has 0 aliphatic carbocycles. The number of carbonyl (C=O) groups excluding carboxylic acids is 1. The van der Waals surface area contributed by atoms with E-state index in [0.29, 0.717) is 29.4 Å². The zero-order chi connectivity index (χ0) is 16.0. The molecule has 1 atom stereocenters. The van der Waals surface area contributed by atoms with Gasteiger partial charge in [-0.1, -0.05) is 6.07 Å². The Morgan fingerprint density at radius 1 is 1.13 bits per heavy atom. The molecule has 1 N–H and O–H groups in total. The Balaban J connectivity index is 1.61. The summed E-state index contributed by atoms with van der Waals surface area (Å²) in [6.07, 6.45) is -0.232. The summed E-state index contributed by atoms with van der Waals surface area (Å²) in [7, 11) is 1.70. The van der Waals surface area contributed by atoms with Crippen molar-refractivity contribution in [2.24, 2.45) is 0 Å². The molecule has 0 radical (unpaired) electrons. The minimum absolute atomic E-state index is 0.105. The maximum atomic E-state index is 12.5. The van der Waals surface area contributed by atoms with Crippen LogP contribution in [0, 0.1) is 0 Å². The van der Waals surface area contributed by atoms with Crippen LogP contribution in [-0.4, -0.2) is 31.0 Å². The third-order valence-corrected chi connectivity index (χ3v) is 4.04. The van der Waals surface area contributed by atoms with Crippen molar-refractivity contribution in [3.63, 3.8) is 0 Å². The van der Waals surface area contributed by atoms with Gasteiger partial charge in [0.2, 0.25) is 6.79 Å². The molecule has 6 heteroatoms. The number of aromatic hydroxyl groups is 1. The predicted octanol–water partition coefficient (Wildman–Crippen LogP) is 2.09. The molecule has 0 spiro atoms. The second-order valence-electron chi connectivity index (χ2n) is 5.55. The molecule has 0 bridgehead atoms. The first-order valence-corrected chi connectivity index (χ1v) is 7.27. The van der Waals surface area contributed by atoms with Gasteiger partial charge in [0.15, 0.2) is 17.6 Å². The number of amides is 1. The number of hydrogen-bond donors (Lipinski definition) is 1. The Bertz CT molecular complexity index is 789. The number of nitrogens with zero attached hydrogens (tertiary/aromatic N) is 1. The van der Waals surface area contributed by atoms with Crippen LogP contribution in [0.3, 0.4) is 0 Å². The van der Waals surface area contributed by atoms with E-state index in [1.54, 1.807) is 18.0 Å². The van der Waals surface area contributed by atoms with Crippen LogP contribution in [0.5, 0.6) is 23.0 Å². The van der Waals surface area contributed by atoms with Crippen LogP contribution >= 0.6 is 0 Å². The zero-order valence-electron chi connectivity index (χ0n) is 12.5. The average molecular weight is 313 g/mol. The van der Waals surface area contributed by atoms with Gasteiger partial charge in [-0.15, -0.1) is 0 Å². The Hall–Kier alpha value is -2.89. The Labute approximate surface area is 132 Å². The zero-order valence-corrected chi connectivity index (χ0v) is 12.5.